The van der Waals surface area contributed by atoms with Gasteiger partial charge in [0.25, 0.3) is 0 Å². The summed E-state index contributed by atoms with van der Waals surface area (Å²) in [5.74, 6) is 0.0828. The number of carbonyl (C=O) groups excluding carboxylic acids is 2. The number of urea groups is 1. The molecule has 2 aliphatic heterocycles. The maximum absolute atomic E-state index is 12.4. The van der Waals surface area contributed by atoms with Crippen LogP contribution in [0, 0.1) is 6.92 Å². The predicted octanol–water partition coefficient (Wildman–Crippen LogP) is 1.90. The Bertz CT molecular complexity index is 587. The molecule has 2 aliphatic rings. The van der Waals surface area contributed by atoms with Crippen LogP contribution in [0.25, 0.3) is 0 Å². The van der Waals surface area contributed by atoms with Gasteiger partial charge >= 0.3 is 6.03 Å². The zero-order valence-corrected chi connectivity index (χ0v) is 13.2. The van der Waals surface area contributed by atoms with Crippen molar-refractivity contribution >= 4 is 11.9 Å². The molecule has 2 saturated heterocycles. The molecule has 0 radical (unpaired) electrons. The van der Waals surface area contributed by atoms with E-state index in [0.717, 1.165) is 24.9 Å². The number of hydrogen-bond donors (Lipinski definition) is 1. The van der Waals surface area contributed by atoms with Crippen molar-refractivity contribution in [1.82, 2.24) is 15.1 Å². The van der Waals surface area contributed by atoms with Gasteiger partial charge in [-0.05, 0) is 32.3 Å². The summed E-state index contributed by atoms with van der Waals surface area (Å²) < 4.78 is 0. The Balaban J connectivity index is 1.63. The van der Waals surface area contributed by atoms with Crippen molar-refractivity contribution in [2.75, 3.05) is 13.1 Å². The van der Waals surface area contributed by atoms with Gasteiger partial charge in [0, 0.05) is 25.7 Å². The number of carbonyl (C=O) groups is 2. The van der Waals surface area contributed by atoms with Crippen molar-refractivity contribution in [3.05, 3.63) is 35.4 Å². The fourth-order valence-corrected chi connectivity index (χ4v) is 3.43. The zero-order chi connectivity index (χ0) is 15.7. The lowest BCUT2D eigenvalue weighted by Gasteiger charge is -2.41. The molecule has 0 bridgehead atoms. The standard InChI is InChI=1S/C17H23N3O2/c1-12-5-3-6-14(9-12)10-18-17(22)20-11-15-7-4-8-19(15)16(21)13(20)2/h3,5-6,9,13,15H,4,7-8,10-11H2,1-2H3,(H,18,22)/t13-,15-/m1/s1. The van der Waals surface area contributed by atoms with Gasteiger partial charge in [-0.15, -0.1) is 0 Å². The quantitative estimate of drug-likeness (QED) is 0.907. The fraction of sp³-hybridized carbons (Fsp3) is 0.529. The first-order valence-corrected chi connectivity index (χ1v) is 7.97. The van der Waals surface area contributed by atoms with Crippen LogP contribution in [-0.4, -0.2) is 46.9 Å². The number of fused-ring (bicyclic) bond motifs is 1. The van der Waals surface area contributed by atoms with E-state index in [4.69, 9.17) is 0 Å². The SMILES string of the molecule is Cc1cccc(CNC(=O)N2C[C@H]3CCCN3C(=O)[C@H]2C)c1. The number of amides is 3. The Morgan fingerprint density at radius 2 is 2.23 bits per heavy atom. The second kappa shape index (κ2) is 5.99. The van der Waals surface area contributed by atoms with E-state index in [2.05, 4.69) is 11.4 Å². The van der Waals surface area contributed by atoms with E-state index in [1.165, 1.54) is 5.56 Å². The Morgan fingerprint density at radius 1 is 1.41 bits per heavy atom. The first kappa shape index (κ1) is 14.9. The Hall–Kier alpha value is -2.04. The van der Waals surface area contributed by atoms with E-state index in [0.29, 0.717) is 13.1 Å². The van der Waals surface area contributed by atoms with Gasteiger partial charge in [-0.1, -0.05) is 29.8 Å². The minimum atomic E-state index is -0.369. The Labute approximate surface area is 131 Å². The van der Waals surface area contributed by atoms with Gasteiger partial charge in [0.05, 0.1) is 0 Å². The highest BCUT2D eigenvalue weighted by atomic mass is 16.2. The van der Waals surface area contributed by atoms with E-state index in [9.17, 15) is 9.59 Å². The smallest absolute Gasteiger partial charge is 0.318 e. The summed E-state index contributed by atoms with van der Waals surface area (Å²) >= 11 is 0. The molecule has 0 aromatic heterocycles. The van der Waals surface area contributed by atoms with Crippen molar-refractivity contribution in [1.29, 1.82) is 0 Å². The van der Waals surface area contributed by atoms with Crippen molar-refractivity contribution in [2.24, 2.45) is 0 Å². The molecule has 5 heteroatoms. The van der Waals surface area contributed by atoms with Crippen LogP contribution >= 0.6 is 0 Å². The molecule has 3 amide bonds. The van der Waals surface area contributed by atoms with Crippen LogP contribution in [0.15, 0.2) is 24.3 Å². The molecule has 1 N–H and O–H groups in total. The third kappa shape index (κ3) is 2.80. The molecule has 3 rings (SSSR count). The van der Waals surface area contributed by atoms with Gasteiger partial charge in [-0.25, -0.2) is 4.79 Å². The van der Waals surface area contributed by atoms with Crippen LogP contribution < -0.4 is 5.32 Å². The molecular formula is C17H23N3O2. The summed E-state index contributed by atoms with van der Waals surface area (Å²) in [5.41, 5.74) is 2.25. The fourth-order valence-electron chi connectivity index (χ4n) is 3.43. The third-order valence-corrected chi connectivity index (χ3v) is 4.68. The molecule has 118 valence electrons. The number of piperazine rings is 1. The van der Waals surface area contributed by atoms with Gasteiger partial charge < -0.3 is 15.1 Å². The van der Waals surface area contributed by atoms with Crippen LogP contribution in [0.4, 0.5) is 4.79 Å². The number of rotatable bonds is 2. The van der Waals surface area contributed by atoms with Gasteiger partial charge in [-0.2, -0.15) is 0 Å². The largest absolute Gasteiger partial charge is 0.336 e. The molecule has 0 aliphatic carbocycles. The molecule has 1 aromatic rings. The van der Waals surface area contributed by atoms with Gasteiger partial charge in [-0.3, -0.25) is 4.79 Å². The highest BCUT2D eigenvalue weighted by Crippen LogP contribution is 2.25. The lowest BCUT2D eigenvalue weighted by molar-refractivity contribution is -0.140. The molecule has 22 heavy (non-hydrogen) atoms. The maximum Gasteiger partial charge on any atom is 0.318 e. The van der Waals surface area contributed by atoms with Crippen molar-refractivity contribution < 1.29 is 9.59 Å². The van der Waals surface area contributed by atoms with E-state index >= 15 is 0 Å². The summed E-state index contributed by atoms with van der Waals surface area (Å²) in [6, 6.07) is 7.76. The molecule has 2 fully saturated rings. The lowest BCUT2D eigenvalue weighted by Crippen LogP contribution is -2.61. The normalized spacial score (nSPS) is 24.4. The Morgan fingerprint density at radius 3 is 3.00 bits per heavy atom. The van der Waals surface area contributed by atoms with E-state index in [1.807, 2.05) is 36.9 Å². The number of nitrogens with one attached hydrogen (secondary N) is 1. The second-order valence-electron chi connectivity index (χ2n) is 6.30. The van der Waals surface area contributed by atoms with Gasteiger partial charge in [0.1, 0.15) is 6.04 Å². The second-order valence-corrected chi connectivity index (χ2v) is 6.30. The summed E-state index contributed by atoms with van der Waals surface area (Å²) in [6.45, 7) is 5.83. The van der Waals surface area contributed by atoms with Crippen molar-refractivity contribution in [3.8, 4) is 0 Å². The summed E-state index contributed by atoms with van der Waals surface area (Å²) in [7, 11) is 0. The number of aryl methyl sites for hydroxylation is 1. The topological polar surface area (TPSA) is 52.7 Å². The molecule has 2 atom stereocenters. The molecular weight excluding hydrogens is 278 g/mol. The van der Waals surface area contributed by atoms with Crippen molar-refractivity contribution in [3.63, 3.8) is 0 Å². The van der Waals surface area contributed by atoms with Crippen LogP contribution in [0.1, 0.15) is 30.9 Å². The first-order valence-electron chi connectivity index (χ1n) is 7.97. The number of benzene rings is 1. The molecule has 0 unspecified atom stereocenters. The highest BCUT2D eigenvalue weighted by Gasteiger charge is 2.41. The van der Waals surface area contributed by atoms with Crippen LogP contribution in [-0.2, 0) is 11.3 Å². The zero-order valence-electron chi connectivity index (χ0n) is 13.2. The minimum absolute atomic E-state index is 0.0828. The third-order valence-electron chi connectivity index (χ3n) is 4.68. The highest BCUT2D eigenvalue weighted by molar-refractivity contribution is 5.88. The molecule has 1 aromatic carbocycles. The molecule has 5 nitrogen and oxygen atoms in total. The first-order chi connectivity index (χ1) is 10.6. The average Bonchev–Trinajstić information content (AvgIpc) is 2.97. The van der Waals surface area contributed by atoms with Gasteiger partial charge in [0.15, 0.2) is 0 Å². The molecule has 0 spiro atoms. The summed E-state index contributed by atoms with van der Waals surface area (Å²) in [6.07, 6.45) is 2.04. The predicted molar refractivity (Wildman–Crippen MR) is 84.3 cm³/mol. The van der Waals surface area contributed by atoms with Crippen LogP contribution in [0.3, 0.4) is 0 Å². The summed E-state index contributed by atoms with van der Waals surface area (Å²) in [4.78, 5) is 28.4. The van der Waals surface area contributed by atoms with Crippen molar-refractivity contribution in [2.45, 2.75) is 45.3 Å². The Kier molecular flexibility index (Phi) is 4.05. The van der Waals surface area contributed by atoms with Gasteiger partial charge in [0.2, 0.25) is 5.91 Å². The van der Waals surface area contributed by atoms with Crippen LogP contribution in [0.2, 0.25) is 0 Å². The molecule has 0 saturated carbocycles. The molecule has 2 heterocycles. The number of hydrogen-bond acceptors (Lipinski definition) is 2. The average molecular weight is 301 g/mol. The van der Waals surface area contributed by atoms with E-state index < -0.39 is 0 Å². The van der Waals surface area contributed by atoms with E-state index in [-0.39, 0.29) is 24.0 Å². The van der Waals surface area contributed by atoms with E-state index in [1.54, 1.807) is 4.90 Å². The summed E-state index contributed by atoms with van der Waals surface area (Å²) in [5, 5.41) is 2.94. The number of nitrogens with zero attached hydrogens (tertiary/aromatic N) is 2. The monoisotopic (exact) mass is 301 g/mol. The lowest BCUT2D eigenvalue weighted by atomic mass is 10.1. The maximum atomic E-state index is 12.4. The minimum Gasteiger partial charge on any atom is -0.336 e. The van der Waals surface area contributed by atoms with Crippen LogP contribution in [0.5, 0.6) is 0 Å².